The molecule has 0 aliphatic heterocycles. The minimum absolute atomic E-state index is 0.242. The van der Waals surface area contributed by atoms with Crippen LogP contribution in [0.3, 0.4) is 0 Å². The molecular formula is C19H17FN4O. The topological polar surface area (TPSA) is 59.8 Å². The van der Waals surface area contributed by atoms with Crippen molar-refractivity contribution in [1.82, 2.24) is 19.9 Å². The normalized spacial score (nSPS) is 11.0. The van der Waals surface area contributed by atoms with Crippen LogP contribution in [0, 0.1) is 12.7 Å². The number of aryl methyl sites for hydroxylation is 1. The molecule has 0 fully saturated rings. The first kappa shape index (κ1) is 16.6. The van der Waals surface area contributed by atoms with E-state index in [-0.39, 0.29) is 18.3 Å². The highest BCUT2D eigenvalue weighted by molar-refractivity contribution is 5.91. The van der Waals surface area contributed by atoms with Crippen molar-refractivity contribution >= 4 is 12.0 Å². The number of rotatable bonds is 5. The molecule has 0 saturated carbocycles. The summed E-state index contributed by atoms with van der Waals surface area (Å²) in [4.78, 5) is 20.0. The van der Waals surface area contributed by atoms with E-state index in [1.807, 2.05) is 13.0 Å². The smallest absolute Gasteiger partial charge is 0.244 e. The Kier molecular flexibility index (Phi) is 4.99. The van der Waals surface area contributed by atoms with Crippen LogP contribution in [0.1, 0.15) is 17.1 Å². The fourth-order valence-corrected chi connectivity index (χ4v) is 2.37. The molecule has 0 bridgehead atoms. The highest BCUT2D eigenvalue weighted by Crippen LogP contribution is 2.16. The number of halogens is 1. The zero-order chi connectivity index (χ0) is 17.6. The summed E-state index contributed by atoms with van der Waals surface area (Å²) >= 11 is 0. The molecule has 6 heteroatoms. The van der Waals surface area contributed by atoms with E-state index in [0.29, 0.717) is 22.8 Å². The van der Waals surface area contributed by atoms with Crippen molar-refractivity contribution < 1.29 is 9.18 Å². The molecule has 3 aromatic rings. The molecule has 0 unspecified atom stereocenters. The zero-order valence-corrected chi connectivity index (χ0v) is 13.7. The molecule has 2 heterocycles. The molecule has 5 nitrogen and oxygen atoms in total. The van der Waals surface area contributed by atoms with Crippen LogP contribution in [0.4, 0.5) is 4.39 Å². The Bertz CT molecular complexity index is 903. The van der Waals surface area contributed by atoms with Crippen LogP contribution in [0.2, 0.25) is 0 Å². The molecular weight excluding hydrogens is 319 g/mol. The first-order valence-electron chi connectivity index (χ1n) is 7.79. The maximum Gasteiger partial charge on any atom is 0.244 e. The van der Waals surface area contributed by atoms with E-state index >= 15 is 0 Å². The number of hydrogen-bond acceptors (Lipinski definition) is 3. The predicted octanol–water partition coefficient (Wildman–Crippen LogP) is 3.04. The van der Waals surface area contributed by atoms with Crippen LogP contribution in [0.15, 0.2) is 61.1 Å². The first-order chi connectivity index (χ1) is 12.1. The molecule has 0 radical (unpaired) electrons. The summed E-state index contributed by atoms with van der Waals surface area (Å²) < 4.78 is 16.0. The molecule has 1 N–H and O–H groups in total. The summed E-state index contributed by atoms with van der Waals surface area (Å²) in [7, 11) is 0. The summed E-state index contributed by atoms with van der Waals surface area (Å²) in [6.45, 7) is 2.05. The van der Waals surface area contributed by atoms with E-state index in [0.717, 1.165) is 0 Å². The number of amides is 1. The summed E-state index contributed by atoms with van der Waals surface area (Å²) in [5.41, 5.74) is 1.81. The van der Waals surface area contributed by atoms with Crippen molar-refractivity contribution in [3.8, 4) is 5.69 Å². The second-order valence-corrected chi connectivity index (χ2v) is 5.44. The van der Waals surface area contributed by atoms with Gasteiger partial charge in [0.25, 0.3) is 0 Å². The number of carbonyl (C=O) groups excluding carboxylic acids is 1. The third kappa shape index (κ3) is 4.17. The quantitative estimate of drug-likeness (QED) is 0.729. The maximum atomic E-state index is 14.3. The van der Waals surface area contributed by atoms with Crippen molar-refractivity contribution in [2.45, 2.75) is 13.5 Å². The highest BCUT2D eigenvalue weighted by atomic mass is 19.1. The van der Waals surface area contributed by atoms with Crippen LogP contribution < -0.4 is 5.32 Å². The maximum absolute atomic E-state index is 14.3. The Morgan fingerprint density at radius 3 is 2.80 bits per heavy atom. The Morgan fingerprint density at radius 1 is 1.24 bits per heavy atom. The minimum atomic E-state index is -0.364. The van der Waals surface area contributed by atoms with Crippen LogP contribution in [0.5, 0.6) is 0 Å². The van der Waals surface area contributed by atoms with E-state index in [9.17, 15) is 9.18 Å². The molecule has 25 heavy (non-hydrogen) atoms. The number of aromatic nitrogens is 3. The van der Waals surface area contributed by atoms with Gasteiger partial charge in [-0.3, -0.25) is 9.78 Å². The van der Waals surface area contributed by atoms with Crippen molar-refractivity contribution in [1.29, 1.82) is 0 Å². The van der Waals surface area contributed by atoms with E-state index in [2.05, 4.69) is 15.3 Å². The summed E-state index contributed by atoms with van der Waals surface area (Å²) in [6.07, 6.45) is 8.01. The molecule has 0 aliphatic rings. The number of nitrogens with zero attached hydrogens (tertiary/aromatic N) is 3. The van der Waals surface area contributed by atoms with Crippen molar-refractivity contribution in [3.63, 3.8) is 0 Å². The average Bonchev–Trinajstić information content (AvgIpc) is 3.05. The summed E-state index contributed by atoms with van der Waals surface area (Å²) in [5, 5.41) is 2.72. The van der Waals surface area contributed by atoms with Crippen LogP contribution in [0.25, 0.3) is 11.8 Å². The molecule has 1 aromatic carbocycles. The molecule has 0 spiro atoms. The Hall–Kier alpha value is -3.28. The summed E-state index contributed by atoms with van der Waals surface area (Å²) in [6, 6.07) is 10.3. The second-order valence-electron chi connectivity index (χ2n) is 5.44. The lowest BCUT2D eigenvalue weighted by Gasteiger charge is -2.09. The van der Waals surface area contributed by atoms with Gasteiger partial charge in [0.05, 0.1) is 11.4 Å². The van der Waals surface area contributed by atoms with Gasteiger partial charge in [-0.15, -0.1) is 0 Å². The van der Waals surface area contributed by atoms with Gasteiger partial charge in [-0.1, -0.05) is 12.1 Å². The zero-order valence-electron chi connectivity index (χ0n) is 13.7. The van der Waals surface area contributed by atoms with Crippen LogP contribution >= 0.6 is 0 Å². The van der Waals surface area contributed by atoms with Crippen molar-refractivity contribution in [2.75, 3.05) is 0 Å². The van der Waals surface area contributed by atoms with Gasteiger partial charge in [0, 0.05) is 31.2 Å². The summed E-state index contributed by atoms with van der Waals surface area (Å²) in [5.74, 6) is 0.0806. The van der Waals surface area contributed by atoms with Gasteiger partial charge in [-0.25, -0.2) is 9.37 Å². The van der Waals surface area contributed by atoms with Gasteiger partial charge < -0.3 is 9.88 Å². The highest BCUT2D eigenvalue weighted by Gasteiger charge is 2.08. The van der Waals surface area contributed by atoms with E-state index in [1.165, 1.54) is 12.1 Å². The van der Waals surface area contributed by atoms with Gasteiger partial charge in [-0.05, 0) is 42.8 Å². The fourth-order valence-electron chi connectivity index (χ4n) is 2.37. The number of pyridine rings is 1. The average molecular weight is 336 g/mol. The van der Waals surface area contributed by atoms with E-state index < -0.39 is 0 Å². The third-order valence-corrected chi connectivity index (χ3v) is 3.66. The molecule has 2 aromatic heterocycles. The van der Waals surface area contributed by atoms with Crippen LogP contribution in [-0.2, 0) is 11.3 Å². The standard InChI is InChI=1S/C19H17FN4O/c1-14-21-10-11-24(14)18-7-5-15(12-17(18)20)13-23-19(25)8-6-16-4-2-3-9-22-16/h2-12H,13H2,1H3,(H,23,25)/b8-6-. The van der Waals surface area contributed by atoms with Gasteiger partial charge >= 0.3 is 0 Å². The van der Waals surface area contributed by atoms with Crippen molar-refractivity contribution in [3.05, 3.63) is 84.0 Å². The Balaban J connectivity index is 1.62. The lowest BCUT2D eigenvalue weighted by molar-refractivity contribution is -0.116. The van der Waals surface area contributed by atoms with Crippen LogP contribution in [-0.4, -0.2) is 20.4 Å². The van der Waals surface area contributed by atoms with Gasteiger partial charge in [0.15, 0.2) is 0 Å². The molecule has 0 aliphatic carbocycles. The first-order valence-corrected chi connectivity index (χ1v) is 7.79. The molecule has 3 rings (SSSR count). The molecule has 126 valence electrons. The lowest BCUT2D eigenvalue weighted by Crippen LogP contribution is -2.20. The van der Waals surface area contributed by atoms with Gasteiger partial charge in [0.1, 0.15) is 11.6 Å². The lowest BCUT2D eigenvalue weighted by atomic mass is 10.2. The van der Waals surface area contributed by atoms with Gasteiger partial charge in [-0.2, -0.15) is 0 Å². The third-order valence-electron chi connectivity index (χ3n) is 3.66. The number of nitrogens with one attached hydrogen (secondary N) is 1. The number of hydrogen-bond donors (Lipinski definition) is 1. The molecule has 0 saturated heterocycles. The number of imidazole rings is 1. The monoisotopic (exact) mass is 336 g/mol. The molecule has 0 atom stereocenters. The minimum Gasteiger partial charge on any atom is -0.348 e. The largest absolute Gasteiger partial charge is 0.348 e. The second kappa shape index (κ2) is 7.53. The number of carbonyl (C=O) groups is 1. The fraction of sp³-hybridized carbons (Fsp3) is 0.105. The number of benzene rings is 1. The molecule has 1 amide bonds. The Morgan fingerprint density at radius 2 is 2.12 bits per heavy atom. The predicted molar refractivity (Wildman–Crippen MR) is 93.4 cm³/mol. The Labute approximate surface area is 144 Å². The van der Waals surface area contributed by atoms with Crippen molar-refractivity contribution in [2.24, 2.45) is 0 Å². The van der Waals surface area contributed by atoms with Gasteiger partial charge in [0.2, 0.25) is 5.91 Å². The van der Waals surface area contributed by atoms with E-state index in [1.54, 1.807) is 53.5 Å². The van der Waals surface area contributed by atoms with E-state index in [4.69, 9.17) is 0 Å². The SMILES string of the molecule is Cc1nccn1-c1ccc(CNC(=O)/C=C\c2ccccn2)cc1F.